The average Bonchev–Trinajstić information content (AvgIpc) is 3.95. The number of nitrogens with zero attached hydrogens (tertiary/aromatic N) is 3. The molecule has 0 atom stereocenters. The fourth-order valence-corrected chi connectivity index (χ4v) is 10.9. The predicted octanol–water partition coefficient (Wildman–Crippen LogP) is 17.7. The largest absolute Gasteiger partial charge is 0.311 e. The lowest BCUT2D eigenvalue weighted by molar-refractivity contribution is 0.768. The molecule has 1 aliphatic carbocycles. The van der Waals surface area contributed by atoms with Gasteiger partial charge in [-0.05, 0) is 173 Å². The van der Waals surface area contributed by atoms with Gasteiger partial charge in [-0.1, -0.05) is 181 Å². The Morgan fingerprint density at radius 3 is 1.69 bits per heavy atom. The van der Waals surface area contributed by atoms with E-state index >= 15 is 0 Å². The lowest BCUT2D eigenvalue weighted by atomic mass is 9.67. The first-order valence-corrected chi connectivity index (χ1v) is 24.6. The van der Waals surface area contributed by atoms with Gasteiger partial charge in [-0.3, -0.25) is 4.57 Å². The SMILES string of the molecule is C/C(=C\c1ccccc1C)c1ccc(-n2c(-c3ccc(N(c4ccccc4)c4ccc(-c5ccc6c(c5)C(c5ccc(C)cc5)(c5ccc(C)cc5)c5ccccc5-6)cc4)cc3)nc3ccccc32)cc1. The summed E-state index contributed by atoms with van der Waals surface area (Å²) in [5, 5.41) is 0. The van der Waals surface area contributed by atoms with Gasteiger partial charge in [0.25, 0.3) is 0 Å². The molecule has 11 aromatic rings. The highest BCUT2D eigenvalue weighted by molar-refractivity contribution is 5.90. The Hall–Kier alpha value is -8.79. The van der Waals surface area contributed by atoms with Crippen LogP contribution in [0.5, 0.6) is 0 Å². The molecule has 1 aliphatic rings. The van der Waals surface area contributed by atoms with Gasteiger partial charge in [-0.2, -0.15) is 0 Å². The molecule has 0 N–H and O–H groups in total. The van der Waals surface area contributed by atoms with Crippen LogP contribution in [-0.2, 0) is 5.41 Å². The molecule has 0 saturated heterocycles. The molecule has 1 heterocycles. The van der Waals surface area contributed by atoms with E-state index in [1.165, 1.54) is 77.9 Å². The van der Waals surface area contributed by atoms with Crippen LogP contribution in [0.3, 0.4) is 0 Å². The minimum Gasteiger partial charge on any atom is -0.311 e. The summed E-state index contributed by atoms with van der Waals surface area (Å²) in [6, 6.07) is 88.8. The van der Waals surface area contributed by atoms with Gasteiger partial charge in [0.05, 0.1) is 16.4 Å². The van der Waals surface area contributed by atoms with E-state index in [4.69, 9.17) is 4.98 Å². The van der Waals surface area contributed by atoms with E-state index in [1.807, 2.05) is 0 Å². The number of aromatic nitrogens is 2. The highest BCUT2D eigenvalue weighted by atomic mass is 15.1. The van der Waals surface area contributed by atoms with Crippen LogP contribution in [0.4, 0.5) is 17.1 Å². The van der Waals surface area contributed by atoms with Crippen molar-refractivity contribution in [2.75, 3.05) is 4.90 Å². The molecule has 0 aliphatic heterocycles. The van der Waals surface area contributed by atoms with E-state index in [0.717, 1.165) is 45.2 Å². The molecule has 0 fully saturated rings. The molecule has 3 nitrogen and oxygen atoms in total. The zero-order valence-corrected chi connectivity index (χ0v) is 40.5. The number of allylic oxidation sites excluding steroid dienone is 1. The number of hydrogen-bond acceptors (Lipinski definition) is 2. The van der Waals surface area contributed by atoms with Crippen molar-refractivity contribution in [1.82, 2.24) is 9.55 Å². The van der Waals surface area contributed by atoms with Gasteiger partial charge in [0.1, 0.15) is 5.82 Å². The first-order chi connectivity index (χ1) is 34.8. The fraction of sp³-hybridized carbons (Fsp3) is 0.0735. The molecule has 3 heteroatoms. The normalized spacial score (nSPS) is 12.7. The van der Waals surface area contributed by atoms with Gasteiger partial charge in [0.15, 0.2) is 0 Å². The Kier molecular flexibility index (Phi) is 11.0. The van der Waals surface area contributed by atoms with Crippen molar-refractivity contribution in [3.8, 4) is 39.3 Å². The summed E-state index contributed by atoms with van der Waals surface area (Å²) < 4.78 is 2.28. The number of anilines is 3. The topological polar surface area (TPSA) is 21.1 Å². The molecule has 0 spiro atoms. The van der Waals surface area contributed by atoms with E-state index in [9.17, 15) is 0 Å². The predicted molar refractivity (Wildman–Crippen MR) is 298 cm³/mol. The van der Waals surface area contributed by atoms with E-state index in [-0.39, 0.29) is 0 Å². The molecule has 1 aromatic heterocycles. The van der Waals surface area contributed by atoms with Crippen LogP contribution in [0.2, 0.25) is 0 Å². The standard InChI is InChI=1S/C68H53N3/c1-46-22-33-55(34-23-46)68(56-35-24-47(2)25-36-56)63-19-11-10-18-61(63)62-43-32-54(45-64(62)68)51-28-39-58(40-29-51)70(57-16-6-5-7-17-57)59-41-30-52(31-42-59)67-69-65-20-12-13-21-66(65)71(67)60-37-26-50(27-38-60)49(4)44-53-15-9-8-14-48(53)3/h5-45H,1-4H3/b49-44+. The Balaban J connectivity index is 0.898. The van der Waals surface area contributed by atoms with Gasteiger partial charge in [-0.15, -0.1) is 0 Å². The number of fused-ring (bicyclic) bond motifs is 4. The maximum atomic E-state index is 5.23. The third-order valence-corrected chi connectivity index (χ3v) is 14.6. The van der Waals surface area contributed by atoms with E-state index < -0.39 is 5.41 Å². The van der Waals surface area contributed by atoms with Crippen molar-refractivity contribution in [3.63, 3.8) is 0 Å². The zero-order valence-electron chi connectivity index (χ0n) is 40.5. The number of benzene rings is 10. The van der Waals surface area contributed by atoms with Gasteiger partial charge in [0, 0.05) is 28.3 Å². The Morgan fingerprint density at radius 2 is 1.01 bits per heavy atom. The highest BCUT2D eigenvalue weighted by Crippen LogP contribution is 2.57. The van der Waals surface area contributed by atoms with Crippen LogP contribution >= 0.6 is 0 Å². The molecule has 71 heavy (non-hydrogen) atoms. The Labute approximate surface area is 417 Å². The molecule has 0 amide bonds. The highest BCUT2D eigenvalue weighted by Gasteiger charge is 2.46. The fourth-order valence-electron chi connectivity index (χ4n) is 10.9. The number of rotatable bonds is 10. The van der Waals surface area contributed by atoms with E-state index in [0.29, 0.717) is 0 Å². The zero-order chi connectivity index (χ0) is 48.1. The number of imidazole rings is 1. The van der Waals surface area contributed by atoms with Crippen LogP contribution in [-0.4, -0.2) is 9.55 Å². The second-order valence-corrected chi connectivity index (χ2v) is 19.0. The summed E-state index contributed by atoms with van der Waals surface area (Å²) >= 11 is 0. The Morgan fingerprint density at radius 1 is 0.465 bits per heavy atom. The quantitative estimate of drug-likeness (QED) is 0.128. The average molecular weight is 912 g/mol. The summed E-state index contributed by atoms with van der Waals surface area (Å²) in [7, 11) is 0. The van der Waals surface area contributed by atoms with Crippen molar-refractivity contribution in [2.24, 2.45) is 0 Å². The number of para-hydroxylation sites is 3. The van der Waals surface area contributed by atoms with Crippen molar-refractivity contribution < 1.29 is 0 Å². The van der Waals surface area contributed by atoms with Crippen molar-refractivity contribution >= 4 is 39.7 Å². The van der Waals surface area contributed by atoms with Crippen LogP contribution in [0.1, 0.15) is 57.0 Å². The molecule has 0 radical (unpaired) electrons. The van der Waals surface area contributed by atoms with E-state index in [1.54, 1.807) is 0 Å². The molecular weight excluding hydrogens is 859 g/mol. The minimum atomic E-state index is -0.466. The molecule has 10 aromatic carbocycles. The van der Waals surface area contributed by atoms with Crippen LogP contribution < -0.4 is 4.90 Å². The molecule has 12 rings (SSSR count). The van der Waals surface area contributed by atoms with Gasteiger partial charge in [-0.25, -0.2) is 4.98 Å². The molecule has 340 valence electrons. The molecule has 0 unspecified atom stereocenters. The Bertz CT molecular complexity index is 3700. The van der Waals surface area contributed by atoms with Crippen LogP contribution in [0.25, 0.3) is 62.0 Å². The first kappa shape index (κ1) is 43.5. The smallest absolute Gasteiger partial charge is 0.145 e. The van der Waals surface area contributed by atoms with Crippen LogP contribution in [0, 0.1) is 20.8 Å². The van der Waals surface area contributed by atoms with E-state index in [2.05, 4.69) is 286 Å². The lowest BCUT2D eigenvalue weighted by Gasteiger charge is -2.34. The number of aryl methyl sites for hydroxylation is 3. The van der Waals surface area contributed by atoms with Crippen LogP contribution in [0.15, 0.2) is 243 Å². The van der Waals surface area contributed by atoms with Crippen molar-refractivity contribution in [2.45, 2.75) is 33.1 Å². The maximum Gasteiger partial charge on any atom is 0.145 e. The summed E-state index contributed by atoms with van der Waals surface area (Å²) in [4.78, 5) is 7.57. The second kappa shape index (κ2) is 17.9. The monoisotopic (exact) mass is 911 g/mol. The molecule has 0 saturated carbocycles. The molecule has 0 bridgehead atoms. The summed E-state index contributed by atoms with van der Waals surface area (Å²) in [5.74, 6) is 0.902. The van der Waals surface area contributed by atoms with Gasteiger partial charge in [0.2, 0.25) is 0 Å². The number of hydrogen-bond donors (Lipinski definition) is 0. The lowest BCUT2D eigenvalue weighted by Crippen LogP contribution is -2.28. The molecular formula is C68H53N3. The second-order valence-electron chi connectivity index (χ2n) is 19.0. The minimum absolute atomic E-state index is 0.466. The van der Waals surface area contributed by atoms with Gasteiger partial charge < -0.3 is 4.90 Å². The third-order valence-electron chi connectivity index (χ3n) is 14.6. The third kappa shape index (κ3) is 7.68. The van der Waals surface area contributed by atoms with Crippen molar-refractivity contribution in [3.05, 3.63) is 293 Å². The first-order valence-electron chi connectivity index (χ1n) is 24.6. The van der Waals surface area contributed by atoms with Crippen molar-refractivity contribution in [1.29, 1.82) is 0 Å². The summed E-state index contributed by atoms with van der Waals surface area (Å²) in [5.41, 5.74) is 24.5. The maximum absolute atomic E-state index is 5.23. The van der Waals surface area contributed by atoms with Gasteiger partial charge >= 0.3 is 0 Å². The summed E-state index contributed by atoms with van der Waals surface area (Å²) in [6.45, 7) is 8.68. The summed E-state index contributed by atoms with van der Waals surface area (Å²) in [6.07, 6.45) is 2.27.